The molecule has 0 atom stereocenters. The number of hydrogen-bond acceptors (Lipinski definition) is 1. The summed E-state index contributed by atoms with van der Waals surface area (Å²) in [7, 11) is -1.84. The number of alkyl halides is 3. The van der Waals surface area contributed by atoms with Crippen LogP contribution < -0.4 is 10.6 Å². The van der Waals surface area contributed by atoms with Crippen LogP contribution in [0.3, 0.4) is 0 Å². The molecule has 0 aromatic heterocycles. The van der Waals surface area contributed by atoms with Gasteiger partial charge in [0.1, 0.15) is 11.1 Å². The maximum absolute atomic E-state index is 13.4. The number of benzene rings is 2. The lowest BCUT2D eigenvalue weighted by Gasteiger charge is -2.24. The predicted octanol–water partition coefficient (Wildman–Crippen LogP) is 4.47. The molecule has 5 heteroatoms. The third-order valence-electron chi connectivity index (χ3n) is 2.86. The standard InChI is InChI=1S/C16H14F3OP/c1-12(20)15(16(17,18)19)21(13-8-4-2-5-9-13)14-10-6-3-7-11-14/h2-11,20H,1H3. The fourth-order valence-electron chi connectivity index (χ4n) is 2.06. The van der Waals surface area contributed by atoms with Crippen molar-refractivity contribution in [2.24, 2.45) is 0 Å². The molecule has 110 valence electrons. The van der Waals surface area contributed by atoms with Crippen LogP contribution in [0.1, 0.15) is 6.92 Å². The van der Waals surface area contributed by atoms with Crippen LogP contribution in [0.15, 0.2) is 71.7 Å². The van der Waals surface area contributed by atoms with Crippen molar-refractivity contribution >= 4 is 18.5 Å². The van der Waals surface area contributed by atoms with Gasteiger partial charge in [-0.05, 0) is 25.5 Å². The van der Waals surface area contributed by atoms with Crippen molar-refractivity contribution < 1.29 is 18.3 Å². The Labute approximate surface area is 122 Å². The number of aliphatic hydroxyl groups is 1. The van der Waals surface area contributed by atoms with Crippen LogP contribution >= 0.6 is 7.92 Å². The second-order valence-electron chi connectivity index (χ2n) is 4.44. The van der Waals surface area contributed by atoms with Crippen LogP contribution in [0.5, 0.6) is 0 Å². The molecule has 0 saturated heterocycles. The Bertz CT molecular complexity index is 577. The molecule has 0 aliphatic heterocycles. The van der Waals surface area contributed by atoms with E-state index in [2.05, 4.69) is 0 Å². The third-order valence-corrected chi connectivity index (χ3v) is 5.52. The summed E-state index contributed by atoms with van der Waals surface area (Å²) < 4.78 is 40.2. The molecule has 0 unspecified atom stereocenters. The van der Waals surface area contributed by atoms with Gasteiger partial charge in [0.2, 0.25) is 0 Å². The maximum Gasteiger partial charge on any atom is 0.420 e. The zero-order valence-electron chi connectivity index (χ0n) is 11.3. The number of halogens is 3. The number of allylic oxidation sites excluding steroid dienone is 2. The minimum Gasteiger partial charge on any atom is -0.512 e. The summed E-state index contributed by atoms with van der Waals surface area (Å²) in [5, 5.41) is 9.86. The van der Waals surface area contributed by atoms with Gasteiger partial charge >= 0.3 is 6.18 Å². The fraction of sp³-hybridized carbons (Fsp3) is 0.125. The van der Waals surface area contributed by atoms with Gasteiger partial charge in [-0.3, -0.25) is 0 Å². The number of rotatable bonds is 3. The minimum atomic E-state index is -4.57. The molecule has 0 fully saturated rings. The minimum absolute atomic E-state index is 0.555. The van der Waals surface area contributed by atoms with E-state index < -0.39 is 25.2 Å². The molecule has 21 heavy (non-hydrogen) atoms. The van der Waals surface area contributed by atoms with E-state index in [1.165, 1.54) is 0 Å². The molecule has 0 heterocycles. The van der Waals surface area contributed by atoms with Gasteiger partial charge in [0.05, 0.1) is 0 Å². The Balaban J connectivity index is 2.65. The van der Waals surface area contributed by atoms with E-state index >= 15 is 0 Å². The zero-order chi connectivity index (χ0) is 15.5. The monoisotopic (exact) mass is 310 g/mol. The molecule has 0 spiro atoms. The van der Waals surface area contributed by atoms with Gasteiger partial charge in [-0.2, -0.15) is 13.2 Å². The lowest BCUT2D eigenvalue weighted by atomic mass is 10.4. The first kappa shape index (κ1) is 15.6. The van der Waals surface area contributed by atoms with Gasteiger partial charge in [-0.15, -0.1) is 0 Å². The molecule has 0 amide bonds. The van der Waals surface area contributed by atoms with Crippen molar-refractivity contribution in [1.29, 1.82) is 0 Å². The Morgan fingerprint density at radius 1 is 0.857 bits per heavy atom. The van der Waals surface area contributed by atoms with Crippen LogP contribution in [-0.4, -0.2) is 11.3 Å². The van der Waals surface area contributed by atoms with Crippen LogP contribution in [0.4, 0.5) is 13.2 Å². The summed E-state index contributed by atoms with van der Waals surface area (Å²) in [6.45, 7) is 1.09. The molecule has 1 nitrogen and oxygen atoms in total. The van der Waals surface area contributed by atoms with E-state index in [0.717, 1.165) is 6.92 Å². The highest BCUT2D eigenvalue weighted by Gasteiger charge is 2.42. The summed E-state index contributed by atoms with van der Waals surface area (Å²) in [5.74, 6) is -0.679. The number of hydrogen-bond donors (Lipinski definition) is 1. The molecule has 0 aliphatic rings. The Morgan fingerprint density at radius 2 is 1.24 bits per heavy atom. The molecule has 0 radical (unpaired) electrons. The lowest BCUT2D eigenvalue weighted by molar-refractivity contribution is -0.0864. The zero-order valence-corrected chi connectivity index (χ0v) is 12.2. The summed E-state index contributed by atoms with van der Waals surface area (Å²) in [6, 6.07) is 17.0. The summed E-state index contributed by atoms with van der Waals surface area (Å²) in [4.78, 5) is 0. The van der Waals surface area contributed by atoms with Crippen molar-refractivity contribution in [3.05, 3.63) is 71.7 Å². The first-order chi connectivity index (χ1) is 9.91. The highest BCUT2D eigenvalue weighted by Crippen LogP contribution is 2.51. The smallest absolute Gasteiger partial charge is 0.420 e. The maximum atomic E-state index is 13.4. The Kier molecular flexibility index (Phi) is 4.69. The quantitative estimate of drug-likeness (QED) is 0.655. The first-order valence-corrected chi connectivity index (χ1v) is 7.62. The number of aliphatic hydroxyl groups excluding tert-OH is 1. The first-order valence-electron chi connectivity index (χ1n) is 6.28. The highest BCUT2D eigenvalue weighted by atomic mass is 31.1. The van der Waals surface area contributed by atoms with Crippen LogP contribution in [0.2, 0.25) is 0 Å². The van der Waals surface area contributed by atoms with Crippen molar-refractivity contribution in [3.8, 4) is 0 Å². The fourth-order valence-corrected chi connectivity index (χ4v) is 4.39. The summed E-state index contributed by atoms with van der Waals surface area (Å²) >= 11 is 0. The van der Waals surface area contributed by atoms with Crippen molar-refractivity contribution in [2.45, 2.75) is 13.1 Å². The van der Waals surface area contributed by atoms with Crippen LogP contribution in [-0.2, 0) is 0 Å². The van der Waals surface area contributed by atoms with Crippen molar-refractivity contribution in [3.63, 3.8) is 0 Å². The van der Waals surface area contributed by atoms with Gasteiger partial charge in [0.15, 0.2) is 0 Å². The van der Waals surface area contributed by atoms with Gasteiger partial charge in [0, 0.05) is 0 Å². The molecule has 0 saturated carbocycles. The van der Waals surface area contributed by atoms with Gasteiger partial charge in [0.25, 0.3) is 0 Å². The molecule has 1 N–H and O–H groups in total. The SMILES string of the molecule is CC(O)=C(P(c1ccccc1)c1ccccc1)C(F)(F)F. The average molecular weight is 310 g/mol. The second-order valence-corrected chi connectivity index (χ2v) is 6.59. The van der Waals surface area contributed by atoms with E-state index in [-0.39, 0.29) is 0 Å². The molecule has 2 aromatic carbocycles. The Hall–Kier alpha value is -1.80. The van der Waals surface area contributed by atoms with Crippen LogP contribution in [0, 0.1) is 0 Å². The second kappa shape index (κ2) is 6.31. The van der Waals surface area contributed by atoms with E-state index in [9.17, 15) is 18.3 Å². The van der Waals surface area contributed by atoms with E-state index in [0.29, 0.717) is 10.6 Å². The molecule has 2 rings (SSSR count). The molecular weight excluding hydrogens is 296 g/mol. The predicted molar refractivity (Wildman–Crippen MR) is 80.5 cm³/mol. The van der Waals surface area contributed by atoms with Crippen molar-refractivity contribution in [1.82, 2.24) is 0 Å². The highest BCUT2D eigenvalue weighted by molar-refractivity contribution is 7.76. The summed E-state index contributed by atoms with van der Waals surface area (Å²) in [5.41, 5.74) is 0. The van der Waals surface area contributed by atoms with Crippen LogP contribution in [0.25, 0.3) is 0 Å². The lowest BCUT2D eigenvalue weighted by Crippen LogP contribution is -2.22. The van der Waals surface area contributed by atoms with E-state index in [1.807, 2.05) is 0 Å². The van der Waals surface area contributed by atoms with E-state index in [1.54, 1.807) is 60.7 Å². The third kappa shape index (κ3) is 3.64. The average Bonchev–Trinajstić information content (AvgIpc) is 2.44. The molecule has 2 aromatic rings. The molecule has 0 bridgehead atoms. The topological polar surface area (TPSA) is 20.2 Å². The van der Waals surface area contributed by atoms with E-state index in [4.69, 9.17) is 0 Å². The molecular formula is C16H14F3OP. The van der Waals surface area contributed by atoms with Crippen molar-refractivity contribution in [2.75, 3.05) is 0 Å². The molecule has 0 aliphatic carbocycles. The largest absolute Gasteiger partial charge is 0.512 e. The van der Waals surface area contributed by atoms with Gasteiger partial charge in [-0.25, -0.2) is 0 Å². The van der Waals surface area contributed by atoms with Gasteiger partial charge < -0.3 is 5.11 Å². The van der Waals surface area contributed by atoms with Gasteiger partial charge in [-0.1, -0.05) is 60.7 Å². The Morgan fingerprint density at radius 3 is 1.52 bits per heavy atom. The summed E-state index contributed by atoms with van der Waals surface area (Å²) in [6.07, 6.45) is -4.57. The normalized spacial score (nSPS) is 13.2.